The highest BCUT2D eigenvalue weighted by Crippen LogP contribution is 2.32. The molecule has 0 radical (unpaired) electrons. The molecule has 0 aliphatic rings. The van der Waals surface area contributed by atoms with Crippen LogP contribution in [0.3, 0.4) is 0 Å². The minimum absolute atomic E-state index is 0.0992. The number of rotatable bonds is 6. The molecule has 4 rings (SSSR count). The van der Waals surface area contributed by atoms with Crippen LogP contribution in [0, 0.1) is 13.8 Å². The minimum Gasteiger partial charge on any atom is -0.484 e. The van der Waals surface area contributed by atoms with Crippen molar-refractivity contribution in [1.29, 1.82) is 0 Å². The highest BCUT2D eigenvalue weighted by Gasteiger charge is 2.23. The maximum absolute atomic E-state index is 13.0. The van der Waals surface area contributed by atoms with Gasteiger partial charge in [-0.15, -0.1) is 0 Å². The van der Waals surface area contributed by atoms with Gasteiger partial charge < -0.3 is 14.5 Å². The number of carbonyl (C=O) groups excluding carboxylic acids is 2. The van der Waals surface area contributed by atoms with E-state index in [1.807, 2.05) is 50.2 Å². The van der Waals surface area contributed by atoms with E-state index in [2.05, 4.69) is 5.32 Å². The molecule has 30 heavy (non-hydrogen) atoms. The third kappa shape index (κ3) is 4.10. The number of carbonyl (C=O) groups is 2. The van der Waals surface area contributed by atoms with Crippen LogP contribution in [0.1, 0.15) is 27.2 Å². The van der Waals surface area contributed by atoms with E-state index >= 15 is 0 Å². The highest BCUT2D eigenvalue weighted by molar-refractivity contribution is 6.17. The lowest BCUT2D eigenvalue weighted by Crippen LogP contribution is -2.21. The second kappa shape index (κ2) is 8.25. The number of nitrogens with one attached hydrogen (secondary N) is 1. The zero-order valence-corrected chi connectivity index (χ0v) is 16.8. The summed E-state index contributed by atoms with van der Waals surface area (Å²) in [5, 5.41) is 3.47. The van der Waals surface area contributed by atoms with Crippen molar-refractivity contribution in [2.45, 2.75) is 13.8 Å². The number of aryl methyl sites for hydroxylation is 2. The summed E-state index contributed by atoms with van der Waals surface area (Å²) >= 11 is 0. The van der Waals surface area contributed by atoms with Gasteiger partial charge in [0.2, 0.25) is 5.78 Å². The first-order valence-electron chi connectivity index (χ1n) is 9.63. The van der Waals surface area contributed by atoms with Gasteiger partial charge in [0.05, 0.1) is 5.69 Å². The summed E-state index contributed by atoms with van der Waals surface area (Å²) in [6.07, 6.45) is 0. The van der Waals surface area contributed by atoms with Crippen molar-refractivity contribution in [2.24, 2.45) is 0 Å². The number of fused-ring (bicyclic) bond motifs is 1. The quantitative estimate of drug-likeness (QED) is 0.447. The van der Waals surface area contributed by atoms with E-state index in [0.717, 1.165) is 11.1 Å². The lowest BCUT2D eigenvalue weighted by molar-refractivity contribution is -0.118. The lowest BCUT2D eigenvalue weighted by atomic mass is 10.1. The Labute approximate surface area is 174 Å². The molecule has 150 valence electrons. The van der Waals surface area contributed by atoms with Crippen molar-refractivity contribution in [3.63, 3.8) is 0 Å². The van der Waals surface area contributed by atoms with Gasteiger partial charge in [0, 0.05) is 10.9 Å². The Morgan fingerprint density at radius 2 is 1.57 bits per heavy atom. The highest BCUT2D eigenvalue weighted by atomic mass is 16.5. The molecule has 4 aromatic rings. The van der Waals surface area contributed by atoms with Gasteiger partial charge in [0.1, 0.15) is 11.3 Å². The van der Waals surface area contributed by atoms with E-state index in [0.29, 0.717) is 28.0 Å². The molecule has 0 atom stereocenters. The average Bonchev–Trinajstić information content (AvgIpc) is 3.10. The Bertz CT molecular complexity index is 1200. The Balaban J connectivity index is 1.59. The zero-order chi connectivity index (χ0) is 21.1. The summed E-state index contributed by atoms with van der Waals surface area (Å²) in [6, 6.07) is 21.8. The largest absolute Gasteiger partial charge is 0.484 e. The smallest absolute Gasteiger partial charge is 0.262 e. The fourth-order valence-electron chi connectivity index (χ4n) is 3.39. The van der Waals surface area contributed by atoms with Gasteiger partial charge in [-0.25, -0.2) is 0 Å². The summed E-state index contributed by atoms with van der Waals surface area (Å²) in [6.45, 7) is 3.76. The Kier molecular flexibility index (Phi) is 5.35. The molecule has 0 spiro atoms. The number of ether oxygens (including phenoxy) is 1. The number of anilines is 1. The number of para-hydroxylation sites is 1. The minimum atomic E-state index is -0.372. The van der Waals surface area contributed by atoms with Crippen molar-refractivity contribution in [1.82, 2.24) is 0 Å². The topological polar surface area (TPSA) is 68.5 Å². The van der Waals surface area contributed by atoms with Crippen molar-refractivity contribution < 1.29 is 18.7 Å². The van der Waals surface area contributed by atoms with Crippen molar-refractivity contribution in [3.8, 4) is 5.75 Å². The molecule has 0 saturated heterocycles. The molecule has 1 aromatic heterocycles. The monoisotopic (exact) mass is 399 g/mol. The predicted molar refractivity (Wildman–Crippen MR) is 116 cm³/mol. The van der Waals surface area contributed by atoms with E-state index in [9.17, 15) is 9.59 Å². The summed E-state index contributed by atoms with van der Waals surface area (Å²) in [5.74, 6) is 0.0580. The molecule has 5 heteroatoms. The van der Waals surface area contributed by atoms with Crippen LogP contribution in [0.4, 0.5) is 5.69 Å². The molecule has 1 heterocycles. The molecule has 0 fully saturated rings. The normalized spacial score (nSPS) is 10.7. The fraction of sp³-hybridized carbons (Fsp3) is 0.120. The fourth-order valence-corrected chi connectivity index (χ4v) is 3.39. The van der Waals surface area contributed by atoms with Crippen LogP contribution in [0.2, 0.25) is 0 Å². The summed E-state index contributed by atoms with van der Waals surface area (Å²) in [4.78, 5) is 25.6. The van der Waals surface area contributed by atoms with Gasteiger partial charge in [-0.1, -0.05) is 48.5 Å². The Hall–Kier alpha value is -3.86. The molecule has 0 aliphatic heterocycles. The standard InChI is InChI=1S/C25H21NO4/c1-16-12-17(2)14-19(13-16)29-15-22(27)26-23-20-10-6-7-11-21(20)30-25(23)24(28)18-8-4-3-5-9-18/h3-14H,15H2,1-2H3,(H,26,27). The zero-order valence-electron chi connectivity index (χ0n) is 16.8. The number of hydrogen-bond donors (Lipinski definition) is 1. The van der Waals surface area contributed by atoms with Crippen molar-refractivity contribution in [2.75, 3.05) is 11.9 Å². The number of amides is 1. The second-order valence-electron chi connectivity index (χ2n) is 7.16. The number of benzene rings is 3. The molecule has 0 saturated carbocycles. The molecular formula is C25H21NO4. The third-order valence-corrected chi connectivity index (χ3v) is 4.67. The van der Waals surface area contributed by atoms with Crippen molar-refractivity contribution in [3.05, 3.63) is 95.2 Å². The summed E-state index contributed by atoms with van der Waals surface area (Å²) in [5.41, 5.74) is 3.48. The van der Waals surface area contributed by atoms with Crippen LogP contribution >= 0.6 is 0 Å². The molecular weight excluding hydrogens is 378 g/mol. The first-order chi connectivity index (χ1) is 14.5. The van der Waals surface area contributed by atoms with Crippen LogP contribution in [0.5, 0.6) is 5.75 Å². The molecule has 1 N–H and O–H groups in total. The van der Waals surface area contributed by atoms with E-state index in [1.54, 1.807) is 36.4 Å². The molecule has 1 amide bonds. The molecule has 3 aromatic carbocycles. The van der Waals surface area contributed by atoms with E-state index < -0.39 is 0 Å². The first-order valence-corrected chi connectivity index (χ1v) is 9.63. The number of hydrogen-bond acceptors (Lipinski definition) is 4. The maximum Gasteiger partial charge on any atom is 0.262 e. The summed E-state index contributed by atoms with van der Waals surface area (Å²) < 4.78 is 11.5. The van der Waals surface area contributed by atoms with Crippen LogP contribution in [0.15, 0.2) is 77.2 Å². The SMILES string of the molecule is Cc1cc(C)cc(OCC(=O)Nc2c(C(=O)c3ccccc3)oc3ccccc23)c1. The van der Waals surface area contributed by atoms with E-state index in [4.69, 9.17) is 9.15 Å². The Morgan fingerprint density at radius 1 is 0.900 bits per heavy atom. The van der Waals surface area contributed by atoms with Gasteiger partial charge in [-0.2, -0.15) is 0 Å². The van der Waals surface area contributed by atoms with Crippen LogP contribution in [-0.2, 0) is 4.79 Å². The van der Waals surface area contributed by atoms with Crippen LogP contribution < -0.4 is 10.1 Å². The number of furan rings is 1. The van der Waals surface area contributed by atoms with Crippen LogP contribution in [0.25, 0.3) is 11.0 Å². The maximum atomic E-state index is 13.0. The molecule has 0 bridgehead atoms. The number of ketones is 1. The third-order valence-electron chi connectivity index (χ3n) is 4.67. The molecule has 5 nitrogen and oxygen atoms in total. The van der Waals surface area contributed by atoms with Gasteiger partial charge >= 0.3 is 0 Å². The van der Waals surface area contributed by atoms with Gasteiger partial charge in [-0.3, -0.25) is 9.59 Å². The van der Waals surface area contributed by atoms with Gasteiger partial charge in [-0.05, 0) is 49.2 Å². The van der Waals surface area contributed by atoms with Crippen molar-refractivity contribution >= 4 is 28.3 Å². The van der Waals surface area contributed by atoms with E-state index in [1.165, 1.54) is 0 Å². The average molecular weight is 399 g/mol. The second-order valence-corrected chi connectivity index (χ2v) is 7.16. The predicted octanol–water partition coefficient (Wildman–Crippen LogP) is 5.30. The molecule has 0 aliphatic carbocycles. The molecule has 0 unspecified atom stereocenters. The lowest BCUT2D eigenvalue weighted by Gasteiger charge is -2.09. The van der Waals surface area contributed by atoms with E-state index in [-0.39, 0.29) is 24.1 Å². The summed E-state index contributed by atoms with van der Waals surface area (Å²) in [7, 11) is 0. The van der Waals surface area contributed by atoms with Gasteiger partial charge in [0.25, 0.3) is 5.91 Å². The van der Waals surface area contributed by atoms with Gasteiger partial charge in [0.15, 0.2) is 12.4 Å². The first kappa shape index (κ1) is 19.5. The Morgan fingerprint density at radius 3 is 2.30 bits per heavy atom. The van der Waals surface area contributed by atoms with Crippen LogP contribution in [-0.4, -0.2) is 18.3 Å².